The van der Waals surface area contributed by atoms with E-state index in [2.05, 4.69) is 0 Å². The van der Waals surface area contributed by atoms with E-state index < -0.39 is 23.7 Å². The van der Waals surface area contributed by atoms with E-state index >= 15 is 0 Å². The van der Waals surface area contributed by atoms with Crippen LogP contribution in [0.15, 0.2) is 24.3 Å². The van der Waals surface area contributed by atoms with Crippen molar-refractivity contribution in [1.82, 2.24) is 4.90 Å². The predicted octanol–water partition coefficient (Wildman–Crippen LogP) is 2.58. The summed E-state index contributed by atoms with van der Waals surface area (Å²) in [5.74, 6) is -1.22. The number of alkyl halides is 3. The van der Waals surface area contributed by atoms with Gasteiger partial charge in [0.1, 0.15) is 5.75 Å². The smallest absolute Gasteiger partial charge is 0.415 e. The van der Waals surface area contributed by atoms with Gasteiger partial charge in [-0.2, -0.15) is 13.2 Å². The molecule has 0 spiro atoms. The van der Waals surface area contributed by atoms with Gasteiger partial charge in [-0.1, -0.05) is 12.1 Å². The SMILES string of the molecule is CCN(C(=O)C(C)(N)C(F)(F)F)C(C)c1cccc(O)c1. The van der Waals surface area contributed by atoms with Crippen molar-refractivity contribution in [3.05, 3.63) is 29.8 Å². The van der Waals surface area contributed by atoms with Gasteiger partial charge in [0.25, 0.3) is 5.91 Å². The van der Waals surface area contributed by atoms with Crippen LogP contribution in [-0.2, 0) is 4.79 Å². The van der Waals surface area contributed by atoms with Gasteiger partial charge in [-0.15, -0.1) is 0 Å². The number of nitrogens with zero attached hydrogens (tertiary/aromatic N) is 1. The van der Waals surface area contributed by atoms with Crippen LogP contribution in [0.3, 0.4) is 0 Å². The van der Waals surface area contributed by atoms with Crippen LogP contribution < -0.4 is 5.73 Å². The van der Waals surface area contributed by atoms with E-state index in [1.54, 1.807) is 26.0 Å². The number of carbonyl (C=O) groups is 1. The molecule has 0 aliphatic carbocycles. The number of likely N-dealkylation sites (N-methyl/N-ethyl adjacent to an activating group) is 1. The lowest BCUT2D eigenvalue weighted by Gasteiger charge is -2.36. The molecular formula is C14H19F3N2O2. The Morgan fingerprint density at radius 2 is 2.00 bits per heavy atom. The molecule has 7 heteroatoms. The molecule has 0 fully saturated rings. The minimum atomic E-state index is -4.84. The average Bonchev–Trinajstić information content (AvgIpc) is 2.37. The first-order chi connectivity index (χ1) is 9.52. The highest BCUT2D eigenvalue weighted by molar-refractivity contribution is 5.87. The molecule has 3 N–H and O–H groups in total. The lowest BCUT2D eigenvalue weighted by atomic mass is 9.98. The molecule has 1 aromatic carbocycles. The van der Waals surface area contributed by atoms with Crippen LogP contribution >= 0.6 is 0 Å². The number of carbonyl (C=O) groups excluding carboxylic acids is 1. The van der Waals surface area contributed by atoms with Crippen molar-refractivity contribution in [2.75, 3.05) is 6.54 Å². The van der Waals surface area contributed by atoms with E-state index in [1.807, 2.05) is 0 Å². The summed E-state index contributed by atoms with van der Waals surface area (Å²) in [5.41, 5.74) is 2.77. The zero-order valence-corrected chi connectivity index (χ0v) is 12.1. The molecule has 2 atom stereocenters. The van der Waals surface area contributed by atoms with Gasteiger partial charge in [-0.25, -0.2) is 0 Å². The second-order valence-electron chi connectivity index (χ2n) is 5.06. The molecule has 4 nitrogen and oxygen atoms in total. The minimum Gasteiger partial charge on any atom is -0.508 e. The first-order valence-corrected chi connectivity index (χ1v) is 6.48. The number of rotatable bonds is 4. The number of phenolic OH excluding ortho intramolecular Hbond substituents is 1. The maximum Gasteiger partial charge on any atom is 0.415 e. The van der Waals surface area contributed by atoms with Crippen LogP contribution in [0.4, 0.5) is 13.2 Å². The fraction of sp³-hybridized carbons (Fsp3) is 0.500. The van der Waals surface area contributed by atoms with Crippen molar-refractivity contribution in [2.45, 2.75) is 38.5 Å². The molecule has 0 radical (unpaired) electrons. The van der Waals surface area contributed by atoms with Crippen LogP contribution in [-0.4, -0.2) is 34.2 Å². The van der Waals surface area contributed by atoms with E-state index in [0.717, 1.165) is 4.90 Å². The van der Waals surface area contributed by atoms with Crippen molar-refractivity contribution in [3.8, 4) is 5.75 Å². The molecule has 0 aliphatic rings. The summed E-state index contributed by atoms with van der Waals surface area (Å²) in [6, 6.07) is 5.39. The highest BCUT2D eigenvalue weighted by Crippen LogP contribution is 2.32. The molecular weight excluding hydrogens is 285 g/mol. The molecule has 2 unspecified atom stereocenters. The monoisotopic (exact) mass is 304 g/mol. The van der Waals surface area contributed by atoms with Crippen molar-refractivity contribution in [1.29, 1.82) is 0 Å². The Kier molecular flexibility index (Phi) is 4.88. The van der Waals surface area contributed by atoms with Crippen LogP contribution in [0.2, 0.25) is 0 Å². The largest absolute Gasteiger partial charge is 0.508 e. The Morgan fingerprint density at radius 3 is 2.43 bits per heavy atom. The lowest BCUT2D eigenvalue weighted by Crippen LogP contribution is -2.62. The molecule has 1 amide bonds. The predicted molar refractivity (Wildman–Crippen MR) is 72.6 cm³/mol. The van der Waals surface area contributed by atoms with E-state index in [9.17, 15) is 23.1 Å². The maximum atomic E-state index is 12.9. The molecule has 0 aliphatic heterocycles. The van der Waals surface area contributed by atoms with Gasteiger partial charge in [0.2, 0.25) is 0 Å². The summed E-state index contributed by atoms with van der Waals surface area (Å²) in [7, 11) is 0. The second kappa shape index (κ2) is 5.93. The average molecular weight is 304 g/mol. The Hall–Kier alpha value is -1.76. The molecule has 0 saturated heterocycles. The summed E-state index contributed by atoms with van der Waals surface area (Å²) < 4.78 is 38.7. The Morgan fingerprint density at radius 1 is 1.43 bits per heavy atom. The van der Waals surface area contributed by atoms with E-state index in [-0.39, 0.29) is 12.3 Å². The van der Waals surface area contributed by atoms with Crippen LogP contribution in [0.25, 0.3) is 0 Å². The number of halogens is 3. The number of benzene rings is 1. The first-order valence-electron chi connectivity index (χ1n) is 6.48. The maximum absolute atomic E-state index is 12.9. The number of phenols is 1. The van der Waals surface area contributed by atoms with E-state index in [0.29, 0.717) is 12.5 Å². The quantitative estimate of drug-likeness (QED) is 0.898. The standard InChI is InChI=1S/C14H19F3N2O2/c1-4-19(12(21)13(3,18)14(15,16)17)9(2)10-6-5-7-11(20)8-10/h5-9,20H,4,18H2,1-3H3. The third-order valence-electron chi connectivity index (χ3n) is 3.45. The van der Waals surface area contributed by atoms with Gasteiger partial charge in [-0.05, 0) is 38.5 Å². The molecule has 21 heavy (non-hydrogen) atoms. The van der Waals surface area contributed by atoms with Gasteiger partial charge in [-0.3, -0.25) is 4.79 Å². The molecule has 0 heterocycles. The van der Waals surface area contributed by atoms with Crippen molar-refractivity contribution >= 4 is 5.91 Å². The summed E-state index contributed by atoms with van der Waals surface area (Å²) >= 11 is 0. The third-order valence-corrected chi connectivity index (χ3v) is 3.45. The summed E-state index contributed by atoms with van der Waals surface area (Å²) in [4.78, 5) is 13.2. The molecule has 1 aromatic rings. The van der Waals surface area contributed by atoms with Crippen molar-refractivity contribution in [3.63, 3.8) is 0 Å². The van der Waals surface area contributed by atoms with Gasteiger partial charge >= 0.3 is 6.18 Å². The number of aromatic hydroxyl groups is 1. The number of amides is 1. The van der Waals surface area contributed by atoms with Gasteiger partial charge in [0.05, 0.1) is 6.04 Å². The fourth-order valence-electron chi connectivity index (χ4n) is 1.98. The molecule has 118 valence electrons. The van der Waals surface area contributed by atoms with Gasteiger partial charge < -0.3 is 15.7 Å². The second-order valence-corrected chi connectivity index (χ2v) is 5.06. The highest BCUT2D eigenvalue weighted by Gasteiger charge is 2.55. The van der Waals surface area contributed by atoms with Gasteiger partial charge in [0.15, 0.2) is 5.54 Å². The van der Waals surface area contributed by atoms with Crippen molar-refractivity contribution < 1.29 is 23.1 Å². The summed E-state index contributed by atoms with van der Waals surface area (Å²) in [6.07, 6.45) is -4.84. The Balaban J connectivity index is 3.11. The van der Waals surface area contributed by atoms with E-state index in [1.165, 1.54) is 12.1 Å². The first kappa shape index (κ1) is 17.3. The Bertz CT molecular complexity index is 515. The van der Waals surface area contributed by atoms with E-state index in [4.69, 9.17) is 5.73 Å². The lowest BCUT2D eigenvalue weighted by molar-refractivity contribution is -0.194. The van der Waals surface area contributed by atoms with Crippen LogP contribution in [0, 0.1) is 0 Å². The summed E-state index contributed by atoms with van der Waals surface area (Å²) in [6.45, 7) is 3.89. The normalized spacial score (nSPS) is 16.1. The fourth-order valence-corrected chi connectivity index (χ4v) is 1.98. The molecule has 0 saturated carbocycles. The molecule has 1 rings (SSSR count). The number of nitrogens with two attached hydrogens (primary N) is 1. The van der Waals surface area contributed by atoms with Crippen LogP contribution in [0.5, 0.6) is 5.75 Å². The number of hydrogen-bond acceptors (Lipinski definition) is 3. The zero-order chi connectivity index (χ0) is 16.4. The van der Waals surface area contributed by atoms with Gasteiger partial charge in [0, 0.05) is 6.54 Å². The third kappa shape index (κ3) is 3.47. The Labute approximate surface area is 121 Å². The minimum absolute atomic E-state index is 0.0193. The topological polar surface area (TPSA) is 66.6 Å². The van der Waals surface area contributed by atoms with Crippen molar-refractivity contribution in [2.24, 2.45) is 5.73 Å². The molecule has 0 aromatic heterocycles. The highest BCUT2D eigenvalue weighted by atomic mass is 19.4. The number of hydrogen-bond donors (Lipinski definition) is 2. The van der Waals surface area contributed by atoms with Crippen LogP contribution in [0.1, 0.15) is 32.4 Å². The zero-order valence-electron chi connectivity index (χ0n) is 12.1. The summed E-state index contributed by atoms with van der Waals surface area (Å²) in [5, 5.41) is 9.44. The molecule has 0 bridgehead atoms.